The third-order valence-electron chi connectivity index (χ3n) is 3.78. The summed E-state index contributed by atoms with van der Waals surface area (Å²) in [5.41, 5.74) is 0. The lowest BCUT2D eigenvalue weighted by Crippen LogP contribution is -2.22. The van der Waals surface area contributed by atoms with Crippen molar-refractivity contribution < 1.29 is 9.53 Å². The molecule has 0 radical (unpaired) electrons. The zero-order valence-electron chi connectivity index (χ0n) is 6.45. The molecule has 0 aromatic heterocycles. The summed E-state index contributed by atoms with van der Waals surface area (Å²) in [4.78, 5) is 11.2. The van der Waals surface area contributed by atoms with Crippen LogP contribution >= 0.6 is 0 Å². The van der Waals surface area contributed by atoms with Crippen LogP contribution in [0.3, 0.4) is 0 Å². The van der Waals surface area contributed by atoms with Crippen LogP contribution in [-0.2, 0) is 9.53 Å². The molecule has 4 atom stereocenters. The average Bonchev–Trinajstić information content (AvgIpc) is 2.60. The fourth-order valence-corrected chi connectivity index (χ4v) is 3.29. The zero-order chi connectivity index (χ0) is 7.42. The molecule has 2 saturated carbocycles. The quantitative estimate of drug-likeness (QED) is 0.487. The van der Waals surface area contributed by atoms with Gasteiger partial charge in [-0.2, -0.15) is 0 Å². The molecule has 1 saturated heterocycles. The van der Waals surface area contributed by atoms with Gasteiger partial charge in [-0.3, -0.25) is 4.79 Å². The van der Waals surface area contributed by atoms with E-state index in [0.717, 1.165) is 12.5 Å². The Morgan fingerprint density at radius 2 is 2.09 bits per heavy atom. The smallest absolute Gasteiger partial charge is 0.309 e. The van der Waals surface area contributed by atoms with Crippen LogP contribution in [0.25, 0.3) is 0 Å². The Morgan fingerprint density at radius 3 is 2.91 bits per heavy atom. The Bertz CT molecular complexity index is 212. The highest BCUT2D eigenvalue weighted by Crippen LogP contribution is 2.54. The van der Waals surface area contributed by atoms with E-state index in [1.165, 1.54) is 19.3 Å². The van der Waals surface area contributed by atoms with Crippen molar-refractivity contribution in [3.63, 3.8) is 0 Å². The van der Waals surface area contributed by atoms with Crippen LogP contribution in [0.4, 0.5) is 0 Å². The van der Waals surface area contributed by atoms with Gasteiger partial charge in [-0.15, -0.1) is 0 Å². The van der Waals surface area contributed by atoms with E-state index in [0.29, 0.717) is 17.8 Å². The minimum Gasteiger partial charge on any atom is -0.465 e. The molecule has 0 amide bonds. The second kappa shape index (κ2) is 1.79. The molecule has 0 aromatic rings. The van der Waals surface area contributed by atoms with E-state index >= 15 is 0 Å². The third-order valence-corrected chi connectivity index (χ3v) is 3.78. The molecule has 1 heterocycles. The zero-order valence-corrected chi connectivity index (χ0v) is 6.45. The Morgan fingerprint density at radius 1 is 1.27 bits per heavy atom. The van der Waals surface area contributed by atoms with Crippen LogP contribution < -0.4 is 0 Å². The molecule has 3 aliphatic rings. The molecule has 11 heavy (non-hydrogen) atoms. The van der Waals surface area contributed by atoms with Crippen molar-refractivity contribution in [2.24, 2.45) is 23.7 Å². The first-order valence-electron chi connectivity index (χ1n) is 4.53. The van der Waals surface area contributed by atoms with E-state index in [4.69, 9.17) is 4.74 Å². The summed E-state index contributed by atoms with van der Waals surface area (Å²) in [6, 6.07) is 0. The van der Waals surface area contributed by atoms with Crippen molar-refractivity contribution in [1.29, 1.82) is 0 Å². The molecular weight excluding hydrogens is 140 g/mol. The molecule has 2 nitrogen and oxygen atoms in total. The lowest BCUT2D eigenvalue weighted by atomic mass is 9.81. The first kappa shape index (κ1) is 6.04. The van der Waals surface area contributed by atoms with Crippen molar-refractivity contribution >= 4 is 5.97 Å². The van der Waals surface area contributed by atoms with Crippen molar-refractivity contribution in [3.8, 4) is 0 Å². The predicted octanol–water partition coefficient (Wildman–Crippen LogP) is 1.21. The molecule has 0 N–H and O–H groups in total. The fraction of sp³-hybridized carbons (Fsp3) is 0.889. The number of carbonyl (C=O) groups excluding carboxylic acids is 1. The summed E-state index contributed by atoms with van der Waals surface area (Å²) < 4.78 is 5.06. The van der Waals surface area contributed by atoms with Gasteiger partial charge in [-0.05, 0) is 31.1 Å². The molecule has 3 rings (SSSR count). The Hall–Kier alpha value is -0.530. The van der Waals surface area contributed by atoms with Crippen LogP contribution in [0.5, 0.6) is 0 Å². The number of cyclic esters (lactones) is 1. The SMILES string of the molecule is O=C1OC[C@@H]2[C@H]3CC[C@@H](C3)[C@H]12. The lowest BCUT2D eigenvalue weighted by molar-refractivity contribution is -0.142. The first-order chi connectivity index (χ1) is 5.36. The van der Waals surface area contributed by atoms with Gasteiger partial charge in [0.1, 0.15) is 0 Å². The highest BCUT2D eigenvalue weighted by molar-refractivity contribution is 5.75. The standard InChI is InChI=1S/C9H12O2/c10-9-8-6-2-1-5(3-6)7(8)4-11-9/h5-8H,1-4H2/t5-,6-,7+,8-/m0/s1. The second-order valence-corrected chi connectivity index (χ2v) is 4.15. The van der Waals surface area contributed by atoms with Gasteiger partial charge in [-0.25, -0.2) is 0 Å². The molecule has 1 aliphatic heterocycles. The summed E-state index contributed by atoms with van der Waals surface area (Å²) in [6.45, 7) is 0.727. The number of hydrogen-bond acceptors (Lipinski definition) is 2. The monoisotopic (exact) mass is 152 g/mol. The number of hydrogen-bond donors (Lipinski definition) is 0. The minimum atomic E-state index is 0.0993. The minimum absolute atomic E-state index is 0.0993. The normalized spacial score (nSPS) is 52.9. The van der Waals surface area contributed by atoms with Crippen LogP contribution in [0.1, 0.15) is 19.3 Å². The maximum absolute atomic E-state index is 11.2. The molecule has 0 spiro atoms. The topological polar surface area (TPSA) is 26.3 Å². The van der Waals surface area contributed by atoms with Crippen molar-refractivity contribution in [2.45, 2.75) is 19.3 Å². The van der Waals surface area contributed by atoms with Crippen LogP contribution in [0.2, 0.25) is 0 Å². The fourth-order valence-electron chi connectivity index (χ4n) is 3.29. The number of rotatable bonds is 0. The lowest BCUT2D eigenvalue weighted by Gasteiger charge is -2.19. The number of esters is 1. The molecular formula is C9H12O2. The molecule has 0 aromatic carbocycles. The van der Waals surface area contributed by atoms with Gasteiger partial charge in [0, 0.05) is 5.92 Å². The van der Waals surface area contributed by atoms with E-state index < -0.39 is 0 Å². The maximum Gasteiger partial charge on any atom is 0.309 e. The second-order valence-electron chi connectivity index (χ2n) is 4.15. The first-order valence-corrected chi connectivity index (χ1v) is 4.53. The summed E-state index contributed by atoms with van der Waals surface area (Å²) >= 11 is 0. The highest BCUT2D eigenvalue weighted by Gasteiger charge is 2.54. The summed E-state index contributed by atoms with van der Waals surface area (Å²) in [5.74, 6) is 2.55. The Kier molecular flexibility index (Phi) is 0.984. The molecule has 2 aliphatic carbocycles. The molecule has 60 valence electrons. The van der Waals surface area contributed by atoms with Gasteiger partial charge in [0.2, 0.25) is 0 Å². The van der Waals surface area contributed by atoms with Gasteiger partial charge in [0.15, 0.2) is 0 Å². The van der Waals surface area contributed by atoms with Crippen LogP contribution in [-0.4, -0.2) is 12.6 Å². The summed E-state index contributed by atoms with van der Waals surface area (Å²) in [6.07, 6.45) is 3.94. The number of ether oxygens (including phenoxy) is 1. The summed E-state index contributed by atoms with van der Waals surface area (Å²) in [7, 11) is 0. The number of carbonyl (C=O) groups is 1. The molecule has 3 fully saturated rings. The molecule has 2 bridgehead atoms. The average molecular weight is 152 g/mol. The Balaban J connectivity index is 1.97. The maximum atomic E-state index is 11.2. The summed E-state index contributed by atoms with van der Waals surface area (Å²) in [5, 5.41) is 0. The van der Waals surface area contributed by atoms with Crippen molar-refractivity contribution in [1.82, 2.24) is 0 Å². The van der Waals surface area contributed by atoms with Gasteiger partial charge < -0.3 is 4.74 Å². The van der Waals surface area contributed by atoms with Gasteiger partial charge in [0.25, 0.3) is 0 Å². The highest BCUT2D eigenvalue weighted by atomic mass is 16.5. The van der Waals surface area contributed by atoms with Crippen molar-refractivity contribution in [2.75, 3.05) is 6.61 Å². The van der Waals surface area contributed by atoms with E-state index in [1.807, 2.05) is 0 Å². The van der Waals surface area contributed by atoms with Gasteiger partial charge in [-0.1, -0.05) is 0 Å². The largest absolute Gasteiger partial charge is 0.465 e. The van der Waals surface area contributed by atoms with E-state index in [9.17, 15) is 4.79 Å². The van der Waals surface area contributed by atoms with Gasteiger partial charge in [0.05, 0.1) is 12.5 Å². The molecule has 2 heteroatoms. The van der Waals surface area contributed by atoms with Gasteiger partial charge >= 0.3 is 5.97 Å². The van der Waals surface area contributed by atoms with E-state index in [-0.39, 0.29) is 5.97 Å². The van der Waals surface area contributed by atoms with Crippen molar-refractivity contribution in [3.05, 3.63) is 0 Å². The van der Waals surface area contributed by atoms with Crippen LogP contribution in [0, 0.1) is 23.7 Å². The van der Waals surface area contributed by atoms with E-state index in [1.54, 1.807) is 0 Å². The van der Waals surface area contributed by atoms with Crippen LogP contribution in [0.15, 0.2) is 0 Å². The number of fused-ring (bicyclic) bond motifs is 5. The van der Waals surface area contributed by atoms with E-state index in [2.05, 4.69) is 0 Å². The predicted molar refractivity (Wildman–Crippen MR) is 38.8 cm³/mol. The molecule has 0 unspecified atom stereocenters. The Labute approximate surface area is 65.9 Å². The third kappa shape index (κ3) is 0.608.